The second-order valence-corrected chi connectivity index (χ2v) is 7.72. The molecule has 0 aliphatic heterocycles. The van der Waals surface area contributed by atoms with Gasteiger partial charge in [-0.2, -0.15) is 27.9 Å². The highest BCUT2D eigenvalue weighted by Gasteiger charge is 2.38. The van der Waals surface area contributed by atoms with Crippen molar-refractivity contribution in [1.82, 2.24) is 24.3 Å². The summed E-state index contributed by atoms with van der Waals surface area (Å²) in [6, 6.07) is 7.38. The fourth-order valence-electron chi connectivity index (χ4n) is 3.19. The van der Waals surface area contributed by atoms with Crippen molar-refractivity contribution in [2.75, 3.05) is 7.11 Å². The second-order valence-electron chi connectivity index (χ2n) is 7.31. The van der Waals surface area contributed by atoms with Crippen LogP contribution in [0.5, 0.6) is 23.4 Å². The van der Waals surface area contributed by atoms with Crippen molar-refractivity contribution in [3.63, 3.8) is 0 Å². The number of aromatic nitrogens is 5. The molecule has 4 rings (SSSR count). The lowest BCUT2D eigenvalue weighted by atomic mass is 10.1. The predicted octanol–water partition coefficient (Wildman–Crippen LogP) is 4.78. The maximum Gasteiger partial charge on any atom is 0.425 e. The number of aryl methyl sites for hydroxylation is 1. The molecule has 35 heavy (non-hydrogen) atoms. The van der Waals surface area contributed by atoms with Gasteiger partial charge in [0.05, 0.1) is 18.2 Å². The monoisotopic (exact) mass is 509 g/mol. The summed E-state index contributed by atoms with van der Waals surface area (Å²) in [5, 5.41) is 4.69. The number of hydrogen-bond acceptors (Lipinski definition) is 7. The Morgan fingerprint density at radius 1 is 1.17 bits per heavy atom. The molecule has 9 nitrogen and oxygen atoms in total. The van der Waals surface area contributed by atoms with Crippen molar-refractivity contribution in [3.8, 4) is 29.1 Å². The molecule has 0 fully saturated rings. The van der Waals surface area contributed by atoms with Crippen LogP contribution in [0.1, 0.15) is 13.8 Å². The van der Waals surface area contributed by atoms with E-state index in [-0.39, 0.29) is 39.5 Å². The van der Waals surface area contributed by atoms with Crippen LogP contribution in [0.2, 0.25) is 5.02 Å². The molecule has 0 bridgehead atoms. The van der Waals surface area contributed by atoms with Crippen LogP contribution in [0, 0.1) is 0 Å². The summed E-state index contributed by atoms with van der Waals surface area (Å²) in [4.78, 5) is 20.9. The van der Waals surface area contributed by atoms with Gasteiger partial charge in [0.2, 0.25) is 17.6 Å². The molecule has 1 unspecified atom stereocenters. The predicted molar refractivity (Wildman–Crippen MR) is 121 cm³/mol. The van der Waals surface area contributed by atoms with Crippen LogP contribution in [0.3, 0.4) is 0 Å². The minimum absolute atomic E-state index is 0.0668. The molecular formula is C22H19ClF3N5O4. The highest BCUT2D eigenvalue weighted by Crippen LogP contribution is 2.39. The molecule has 4 aromatic rings. The smallest absolute Gasteiger partial charge is 0.425 e. The van der Waals surface area contributed by atoms with Crippen molar-refractivity contribution in [3.05, 3.63) is 58.4 Å². The fraction of sp³-hybridized carbons (Fsp3) is 0.273. The third-order valence-corrected chi connectivity index (χ3v) is 5.34. The van der Waals surface area contributed by atoms with E-state index in [9.17, 15) is 18.0 Å². The van der Waals surface area contributed by atoms with Gasteiger partial charge in [-0.05, 0) is 37.4 Å². The van der Waals surface area contributed by atoms with E-state index in [1.807, 2.05) is 0 Å². The van der Waals surface area contributed by atoms with Gasteiger partial charge in [0.25, 0.3) is 0 Å². The first kappa shape index (κ1) is 24.3. The molecule has 0 saturated carbocycles. The van der Waals surface area contributed by atoms with Gasteiger partial charge in [-0.25, -0.2) is 9.78 Å². The zero-order valence-electron chi connectivity index (χ0n) is 18.7. The molecule has 0 amide bonds. The van der Waals surface area contributed by atoms with E-state index in [2.05, 4.69) is 15.1 Å². The lowest BCUT2D eigenvalue weighted by Crippen LogP contribution is -2.31. The molecule has 13 heteroatoms. The zero-order chi connectivity index (χ0) is 25.3. The van der Waals surface area contributed by atoms with Crippen LogP contribution in [0.15, 0.2) is 47.7 Å². The normalized spacial score (nSPS) is 12.5. The van der Waals surface area contributed by atoms with Crippen molar-refractivity contribution < 1.29 is 27.4 Å². The number of methoxy groups -OCH3 is 1. The fourth-order valence-corrected chi connectivity index (χ4v) is 3.34. The number of alkyl halides is 3. The third kappa shape index (κ3) is 4.87. The van der Waals surface area contributed by atoms with Crippen LogP contribution in [-0.4, -0.2) is 43.7 Å². The Labute approximate surface area is 201 Å². The second kappa shape index (κ2) is 9.45. The summed E-state index contributed by atoms with van der Waals surface area (Å²) in [5.41, 5.74) is -0.256. The molecule has 3 heterocycles. The Morgan fingerprint density at radius 3 is 2.60 bits per heavy atom. The first-order valence-corrected chi connectivity index (χ1v) is 10.7. The van der Waals surface area contributed by atoms with E-state index >= 15 is 0 Å². The number of ether oxygens (including phenoxy) is 3. The van der Waals surface area contributed by atoms with Gasteiger partial charge in [-0.1, -0.05) is 11.6 Å². The molecule has 0 aliphatic carbocycles. The molecule has 3 aromatic heterocycles. The van der Waals surface area contributed by atoms with Gasteiger partial charge in [0.15, 0.2) is 6.10 Å². The summed E-state index contributed by atoms with van der Waals surface area (Å²) >= 11 is 6.18. The highest BCUT2D eigenvalue weighted by atomic mass is 35.5. The Bertz CT molecular complexity index is 1440. The van der Waals surface area contributed by atoms with Crippen LogP contribution in [0.25, 0.3) is 16.5 Å². The first-order valence-electron chi connectivity index (χ1n) is 10.3. The minimum atomic E-state index is -4.65. The summed E-state index contributed by atoms with van der Waals surface area (Å²) in [7, 11) is 1.41. The van der Waals surface area contributed by atoms with Gasteiger partial charge in [0, 0.05) is 24.9 Å². The molecule has 0 saturated heterocycles. The van der Waals surface area contributed by atoms with Gasteiger partial charge >= 0.3 is 11.9 Å². The molecular weight excluding hydrogens is 491 g/mol. The summed E-state index contributed by atoms with van der Waals surface area (Å²) in [5.74, 6) is -0.183. The lowest BCUT2D eigenvalue weighted by Gasteiger charge is -2.20. The van der Waals surface area contributed by atoms with E-state index in [0.717, 1.165) is 11.6 Å². The van der Waals surface area contributed by atoms with Crippen LogP contribution < -0.4 is 19.9 Å². The van der Waals surface area contributed by atoms with Gasteiger partial charge in [0.1, 0.15) is 17.1 Å². The van der Waals surface area contributed by atoms with Crippen molar-refractivity contribution in [1.29, 1.82) is 0 Å². The maximum absolute atomic E-state index is 13.4. The van der Waals surface area contributed by atoms with Crippen LogP contribution >= 0.6 is 11.6 Å². The third-order valence-electron chi connectivity index (χ3n) is 5.05. The van der Waals surface area contributed by atoms with Gasteiger partial charge < -0.3 is 14.2 Å². The Hall–Kier alpha value is -3.80. The summed E-state index contributed by atoms with van der Waals surface area (Å²) in [6.07, 6.45) is -4.09. The quantitative estimate of drug-likeness (QED) is 0.354. The average molecular weight is 510 g/mol. The van der Waals surface area contributed by atoms with Crippen molar-refractivity contribution in [2.45, 2.75) is 32.7 Å². The first-order chi connectivity index (χ1) is 16.6. The number of pyridine rings is 2. The van der Waals surface area contributed by atoms with Crippen molar-refractivity contribution in [2.24, 2.45) is 0 Å². The zero-order valence-corrected chi connectivity index (χ0v) is 19.5. The van der Waals surface area contributed by atoms with Gasteiger partial charge in [-0.3, -0.25) is 4.57 Å². The average Bonchev–Trinajstić information content (AvgIpc) is 3.20. The Morgan fingerprint density at radius 2 is 1.94 bits per heavy atom. The van der Waals surface area contributed by atoms with E-state index < -0.39 is 18.0 Å². The number of rotatable bonds is 7. The summed E-state index contributed by atoms with van der Waals surface area (Å²) in [6.45, 7) is 3.01. The highest BCUT2D eigenvalue weighted by molar-refractivity contribution is 6.31. The number of benzene rings is 1. The van der Waals surface area contributed by atoms with E-state index in [4.69, 9.17) is 25.8 Å². The largest absolute Gasteiger partial charge is 0.481 e. The Balaban J connectivity index is 1.91. The molecule has 1 aromatic carbocycles. The summed E-state index contributed by atoms with van der Waals surface area (Å²) < 4.78 is 58.7. The van der Waals surface area contributed by atoms with E-state index in [0.29, 0.717) is 11.9 Å². The number of halogens is 4. The standard InChI is InChI=1S/C22H19ClF3N5O4/c1-4-30-11-28-31(21(30)32)14-9-13-7-8-27-20(35-19-15(23)5-6-17(29-19)33-3)18(13)16(10-14)34-12(2)22(24,25)26/h5-12H,4H2,1-3H3. The maximum atomic E-state index is 13.4. The number of hydrogen-bond donors (Lipinski definition) is 0. The van der Waals surface area contributed by atoms with Crippen molar-refractivity contribution >= 4 is 22.4 Å². The molecule has 0 aliphatic rings. The topological polar surface area (TPSA) is 93.3 Å². The van der Waals surface area contributed by atoms with Crippen LogP contribution in [-0.2, 0) is 6.54 Å². The molecule has 0 radical (unpaired) electrons. The molecule has 1 atom stereocenters. The van der Waals surface area contributed by atoms with E-state index in [1.54, 1.807) is 19.1 Å². The SMILES string of the molecule is CCn1cnn(-c2cc(OC(C)C(F)(F)F)c3c(Oc4nc(OC)ccc4Cl)nccc3c2)c1=O. The molecule has 0 N–H and O–H groups in total. The Kier molecular flexibility index (Phi) is 6.57. The molecule has 0 spiro atoms. The van der Waals surface area contributed by atoms with E-state index in [1.165, 1.54) is 42.4 Å². The number of fused-ring (bicyclic) bond motifs is 1. The molecule has 184 valence electrons. The van der Waals surface area contributed by atoms with Gasteiger partial charge in [-0.15, -0.1) is 0 Å². The minimum Gasteiger partial charge on any atom is -0.481 e. The number of nitrogens with zero attached hydrogens (tertiary/aromatic N) is 5. The lowest BCUT2D eigenvalue weighted by molar-refractivity contribution is -0.189. The van der Waals surface area contributed by atoms with Crippen LogP contribution in [0.4, 0.5) is 13.2 Å².